The van der Waals surface area contributed by atoms with Gasteiger partial charge in [-0.15, -0.1) is 23.1 Å². The summed E-state index contributed by atoms with van der Waals surface area (Å²) in [6.45, 7) is 5.88. The van der Waals surface area contributed by atoms with E-state index >= 15 is 0 Å². The van der Waals surface area contributed by atoms with Crippen LogP contribution in [0.3, 0.4) is 0 Å². The third-order valence-electron chi connectivity index (χ3n) is 4.07. The van der Waals surface area contributed by atoms with Crippen LogP contribution in [0, 0.1) is 6.92 Å². The fourth-order valence-electron chi connectivity index (χ4n) is 2.72. The summed E-state index contributed by atoms with van der Waals surface area (Å²) in [5.41, 5.74) is 1.92. The normalized spacial score (nSPS) is 20.3. The quantitative estimate of drug-likeness (QED) is 0.762. The maximum atomic E-state index is 12.3. The minimum Gasteiger partial charge on any atom is -0.344 e. The SMILES string of the molecule is Cc1nc2ccc(-n3ncnc3C3CSC(C)(C)C(=O)N3)cc2s1. The molecule has 4 rings (SSSR count). The van der Waals surface area contributed by atoms with Crippen LogP contribution in [0.4, 0.5) is 0 Å². The summed E-state index contributed by atoms with van der Waals surface area (Å²) in [7, 11) is 0. The molecule has 0 bridgehead atoms. The van der Waals surface area contributed by atoms with E-state index in [0.29, 0.717) is 0 Å². The summed E-state index contributed by atoms with van der Waals surface area (Å²) in [5, 5.41) is 8.47. The second kappa shape index (κ2) is 5.56. The van der Waals surface area contributed by atoms with Gasteiger partial charge in [0.2, 0.25) is 5.91 Å². The summed E-state index contributed by atoms with van der Waals surface area (Å²) in [6.07, 6.45) is 1.54. The lowest BCUT2D eigenvalue weighted by Gasteiger charge is -2.33. The zero-order valence-electron chi connectivity index (χ0n) is 13.6. The van der Waals surface area contributed by atoms with Crippen molar-refractivity contribution in [3.8, 4) is 5.69 Å². The smallest absolute Gasteiger partial charge is 0.236 e. The number of carbonyl (C=O) groups is 1. The van der Waals surface area contributed by atoms with Crippen molar-refractivity contribution in [2.45, 2.75) is 31.6 Å². The van der Waals surface area contributed by atoms with Crippen LogP contribution in [0.2, 0.25) is 0 Å². The van der Waals surface area contributed by atoms with Crippen molar-refractivity contribution in [3.05, 3.63) is 35.4 Å². The lowest BCUT2D eigenvalue weighted by Crippen LogP contribution is -2.47. The van der Waals surface area contributed by atoms with Gasteiger partial charge in [0, 0.05) is 5.75 Å². The number of fused-ring (bicyclic) bond motifs is 1. The average Bonchev–Trinajstić information content (AvgIpc) is 3.14. The first-order chi connectivity index (χ1) is 11.4. The van der Waals surface area contributed by atoms with Gasteiger partial charge in [-0.1, -0.05) is 0 Å². The molecular weight excluding hydrogens is 342 g/mol. The first kappa shape index (κ1) is 15.6. The maximum Gasteiger partial charge on any atom is 0.236 e. The van der Waals surface area contributed by atoms with E-state index in [1.54, 1.807) is 27.8 Å². The Morgan fingerprint density at radius 2 is 2.21 bits per heavy atom. The Kier molecular flexibility index (Phi) is 3.61. The number of rotatable bonds is 2. The number of thiazole rings is 1. The summed E-state index contributed by atoms with van der Waals surface area (Å²) in [4.78, 5) is 21.1. The van der Waals surface area contributed by atoms with Gasteiger partial charge >= 0.3 is 0 Å². The predicted molar refractivity (Wildman–Crippen MR) is 96.7 cm³/mol. The van der Waals surface area contributed by atoms with Gasteiger partial charge in [0.1, 0.15) is 6.33 Å². The molecule has 124 valence electrons. The zero-order valence-corrected chi connectivity index (χ0v) is 15.2. The standard InChI is InChI=1S/C16H17N5OS2/c1-9-19-11-5-4-10(6-13(11)24-9)21-14(17-8-18-21)12-7-23-16(2,3)15(22)20-12/h4-6,8,12H,7H2,1-3H3,(H,20,22). The Bertz CT molecular complexity index is 930. The molecule has 24 heavy (non-hydrogen) atoms. The molecule has 1 unspecified atom stereocenters. The summed E-state index contributed by atoms with van der Waals surface area (Å²) in [5.74, 6) is 1.57. The first-order valence-electron chi connectivity index (χ1n) is 7.66. The van der Waals surface area contributed by atoms with Crippen LogP contribution in [0.1, 0.15) is 30.7 Å². The van der Waals surface area contributed by atoms with Gasteiger partial charge < -0.3 is 5.32 Å². The number of aryl methyl sites for hydroxylation is 1. The molecule has 8 heteroatoms. The summed E-state index contributed by atoms with van der Waals surface area (Å²) >= 11 is 3.30. The van der Waals surface area contributed by atoms with Crippen molar-refractivity contribution in [2.75, 3.05) is 5.75 Å². The topological polar surface area (TPSA) is 72.7 Å². The van der Waals surface area contributed by atoms with Crippen LogP contribution >= 0.6 is 23.1 Å². The molecule has 3 aromatic rings. The maximum absolute atomic E-state index is 12.3. The summed E-state index contributed by atoms with van der Waals surface area (Å²) in [6, 6.07) is 5.91. The van der Waals surface area contributed by atoms with E-state index in [1.165, 1.54) is 6.33 Å². The summed E-state index contributed by atoms with van der Waals surface area (Å²) < 4.78 is 2.52. The molecule has 1 atom stereocenters. The van der Waals surface area contributed by atoms with E-state index in [2.05, 4.69) is 26.4 Å². The van der Waals surface area contributed by atoms with E-state index in [-0.39, 0.29) is 11.9 Å². The van der Waals surface area contributed by atoms with Crippen molar-refractivity contribution in [3.63, 3.8) is 0 Å². The van der Waals surface area contributed by atoms with Crippen molar-refractivity contribution in [2.24, 2.45) is 0 Å². The van der Waals surface area contributed by atoms with Gasteiger partial charge in [0.05, 0.1) is 31.7 Å². The van der Waals surface area contributed by atoms with Gasteiger partial charge in [-0.05, 0) is 39.0 Å². The molecule has 3 heterocycles. The van der Waals surface area contributed by atoms with Crippen LogP contribution in [0.15, 0.2) is 24.5 Å². The molecule has 1 N–H and O–H groups in total. The third kappa shape index (κ3) is 2.59. The molecule has 0 aliphatic carbocycles. The Hall–Kier alpha value is -1.93. The number of carbonyl (C=O) groups excluding carboxylic acids is 1. The van der Waals surface area contributed by atoms with Crippen LogP contribution in [0.5, 0.6) is 0 Å². The van der Waals surface area contributed by atoms with Gasteiger partial charge in [-0.2, -0.15) is 5.10 Å². The molecule has 1 aromatic carbocycles. The number of benzene rings is 1. The largest absolute Gasteiger partial charge is 0.344 e. The number of amides is 1. The van der Waals surface area contributed by atoms with Crippen LogP contribution in [-0.4, -0.2) is 36.2 Å². The van der Waals surface area contributed by atoms with Crippen molar-refractivity contribution >= 4 is 39.2 Å². The monoisotopic (exact) mass is 359 g/mol. The van der Waals surface area contributed by atoms with E-state index < -0.39 is 4.75 Å². The molecule has 1 aliphatic heterocycles. The molecule has 1 fully saturated rings. The second-order valence-electron chi connectivity index (χ2n) is 6.26. The second-order valence-corrected chi connectivity index (χ2v) is 9.14. The highest BCUT2D eigenvalue weighted by Crippen LogP contribution is 2.34. The van der Waals surface area contributed by atoms with Crippen molar-refractivity contribution < 1.29 is 4.79 Å². The fourth-order valence-corrected chi connectivity index (χ4v) is 4.58. The fraction of sp³-hybridized carbons (Fsp3) is 0.375. The van der Waals surface area contributed by atoms with Gasteiger partial charge in [0.15, 0.2) is 5.82 Å². The minimum absolute atomic E-state index is 0.0341. The van der Waals surface area contributed by atoms with Crippen molar-refractivity contribution in [1.82, 2.24) is 25.1 Å². The Labute approximate surface area is 147 Å². The van der Waals surface area contributed by atoms with Crippen LogP contribution < -0.4 is 5.32 Å². The number of aromatic nitrogens is 4. The van der Waals surface area contributed by atoms with E-state index in [0.717, 1.165) is 32.5 Å². The third-order valence-corrected chi connectivity index (χ3v) is 6.41. The highest BCUT2D eigenvalue weighted by molar-refractivity contribution is 8.01. The Balaban J connectivity index is 1.70. The lowest BCUT2D eigenvalue weighted by atomic mass is 10.1. The van der Waals surface area contributed by atoms with E-state index in [9.17, 15) is 4.79 Å². The average molecular weight is 359 g/mol. The van der Waals surface area contributed by atoms with Crippen LogP contribution in [0.25, 0.3) is 15.9 Å². The molecule has 2 aromatic heterocycles. The van der Waals surface area contributed by atoms with E-state index in [1.807, 2.05) is 32.9 Å². The molecular formula is C16H17N5OS2. The molecule has 6 nitrogen and oxygen atoms in total. The predicted octanol–water partition coefficient (Wildman–Crippen LogP) is 2.87. The van der Waals surface area contributed by atoms with E-state index in [4.69, 9.17) is 0 Å². The molecule has 0 spiro atoms. The van der Waals surface area contributed by atoms with Gasteiger partial charge in [-0.3, -0.25) is 4.79 Å². The number of hydrogen-bond donors (Lipinski definition) is 1. The number of thioether (sulfide) groups is 1. The van der Waals surface area contributed by atoms with Gasteiger partial charge in [-0.25, -0.2) is 14.6 Å². The minimum atomic E-state index is -0.402. The molecule has 1 saturated heterocycles. The van der Waals surface area contributed by atoms with Crippen molar-refractivity contribution in [1.29, 1.82) is 0 Å². The highest BCUT2D eigenvalue weighted by atomic mass is 32.2. The van der Waals surface area contributed by atoms with Crippen LogP contribution in [-0.2, 0) is 4.79 Å². The van der Waals surface area contributed by atoms with Gasteiger partial charge in [0.25, 0.3) is 0 Å². The number of hydrogen-bond acceptors (Lipinski definition) is 6. The molecule has 1 aliphatic rings. The molecule has 1 amide bonds. The zero-order chi connectivity index (χ0) is 16.9. The number of nitrogens with zero attached hydrogens (tertiary/aromatic N) is 4. The number of nitrogens with one attached hydrogen (secondary N) is 1. The first-order valence-corrected chi connectivity index (χ1v) is 9.47. The Morgan fingerprint density at radius 1 is 1.38 bits per heavy atom. The highest BCUT2D eigenvalue weighted by Gasteiger charge is 2.37. The molecule has 0 saturated carbocycles. The lowest BCUT2D eigenvalue weighted by molar-refractivity contribution is -0.123. The Morgan fingerprint density at radius 3 is 3.00 bits per heavy atom. The molecule has 0 radical (unpaired) electrons.